The summed E-state index contributed by atoms with van der Waals surface area (Å²) in [6, 6.07) is -0.575. The molecule has 63 heavy (non-hydrogen) atoms. The Bertz CT molecular complexity index is 1710. The SMILES string of the molecule is C=C(C)[C@@H]1CC[C@]2(C(=O)NCCCCCCCC(=O)N[C@@H](CC(C)C)[C@@H](O)CC(=O)O)CC[C@]3(C)C(CCC4[C@@]5(C)CC[C@H](OC(=O)CC(C)(C)C(=O)O)C(C)(C)C5CC[C@]43C)C12. The number of carbonyl (C=O) groups is 5. The molecule has 0 bridgehead atoms. The number of aliphatic hydroxyl groups excluding tert-OH is 1. The van der Waals surface area contributed by atoms with E-state index in [-0.39, 0.29) is 63.2 Å². The Hall–Kier alpha value is -2.95. The van der Waals surface area contributed by atoms with E-state index >= 15 is 0 Å². The molecule has 0 aromatic rings. The molecule has 2 amide bonds. The highest BCUT2D eigenvalue weighted by atomic mass is 16.5. The lowest BCUT2D eigenvalue weighted by atomic mass is 9.32. The van der Waals surface area contributed by atoms with E-state index in [0.29, 0.717) is 43.1 Å². The molecule has 0 aromatic heterocycles. The number of aliphatic hydroxyl groups is 1. The maximum atomic E-state index is 14.6. The number of hydrogen-bond donors (Lipinski definition) is 5. The van der Waals surface area contributed by atoms with Crippen LogP contribution >= 0.6 is 0 Å². The molecule has 0 aliphatic heterocycles. The lowest BCUT2D eigenvalue weighted by Crippen LogP contribution is -2.67. The Labute approximate surface area is 379 Å². The Morgan fingerprint density at radius 2 is 1.48 bits per heavy atom. The maximum absolute atomic E-state index is 14.6. The van der Waals surface area contributed by atoms with Gasteiger partial charge in [0.2, 0.25) is 11.8 Å². The minimum absolute atomic E-state index is 0.0801. The summed E-state index contributed by atoms with van der Waals surface area (Å²) >= 11 is 0. The van der Waals surface area contributed by atoms with Crippen molar-refractivity contribution >= 4 is 29.7 Å². The van der Waals surface area contributed by atoms with E-state index in [0.717, 1.165) is 96.3 Å². The van der Waals surface area contributed by atoms with Crippen molar-refractivity contribution < 1.29 is 44.0 Å². The van der Waals surface area contributed by atoms with Gasteiger partial charge in [0.25, 0.3) is 0 Å². The predicted molar refractivity (Wildman–Crippen MR) is 245 cm³/mol. The van der Waals surface area contributed by atoms with Crippen LogP contribution in [0.3, 0.4) is 0 Å². The summed E-state index contributed by atoms with van der Waals surface area (Å²) in [4.78, 5) is 63.3. The van der Waals surface area contributed by atoms with Crippen molar-refractivity contribution in [3.05, 3.63) is 12.2 Å². The zero-order chi connectivity index (χ0) is 46.9. The molecule has 0 spiro atoms. The van der Waals surface area contributed by atoms with Crippen LogP contribution in [-0.2, 0) is 28.7 Å². The van der Waals surface area contributed by atoms with Crippen molar-refractivity contribution in [3.63, 3.8) is 0 Å². The monoisotopic (exact) mass is 883 g/mol. The molecule has 0 radical (unpaired) electrons. The van der Waals surface area contributed by atoms with E-state index in [9.17, 15) is 34.2 Å². The summed E-state index contributed by atoms with van der Waals surface area (Å²) in [7, 11) is 0. The van der Waals surface area contributed by atoms with Crippen molar-refractivity contribution in [1.29, 1.82) is 0 Å². The topological polar surface area (TPSA) is 179 Å². The van der Waals surface area contributed by atoms with Crippen LogP contribution in [0.15, 0.2) is 12.2 Å². The van der Waals surface area contributed by atoms with Gasteiger partial charge in [-0.3, -0.25) is 24.0 Å². The summed E-state index contributed by atoms with van der Waals surface area (Å²) in [5, 5.41) is 35.4. The maximum Gasteiger partial charge on any atom is 0.309 e. The summed E-state index contributed by atoms with van der Waals surface area (Å²) in [5.74, 6) is -0.271. The van der Waals surface area contributed by atoms with Gasteiger partial charge in [0.15, 0.2) is 0 Å². The molecular formula is C52H86N2O9. The third-order valence-corrected chi connectivity index (χ3v) is 18.7. The fourth-order valence-corrected chi connectivity index (χ4v) is 15.1. The van der Waals surface area contributed by atoms with E-state index < -0.39 is 41.9 Å². The quantitative estimate of drug-likeness (QED) is 0.0452. The van der Waals surface area contributed by atoms with E-state index in [1.807, 2.05) is 13.8 Å². The van der Waals surface area contributed by atoms with Crippen LogP contribution in [0.2, 0.25) is 0 Å². The molecule has 358 valence electrons. The molecule has 5 aliphatic rings. The Morgan fingerprint density at radius 3 is 2.11 bits per heavy atom. The van der Waals surface area contributed by atoms with Crippen LogP contribution in [0.25, 0.3) is 0 Å². The molecule has 11 nitrogen and oxygen atoms in total. The number of aliphatic carboxylic acids is 2. The molecule has 5 N–H and O–H groups in total. The highest BCUT2D eigenvalue weighted by Crippen LogP contribution is 2.77. The first kappa shape index (κ1) is 51.0. The summed E-state index contributed by atoms with van der Waals surface area (Å²) in [6.45, 7) is 26.7. The van der Waals surface area contributed by atoms with Crippen molar-refractivity contribution in [2.45, 2.75) is 209 Å². The van der Waals surface area contributed by atoms with Gasteiger partial charge in [-0.05, 0) is 156 Å². The zero-order valence-electron chi connectivity index (χ0n) is 40.8. The molecule has 5 aliphatic carbocycles. The Balaban J connectivity index is 1.18. The molecule has 11 heteroatoms. The van der Waals surface area contributed by atoms with Gasteiger partial charge in [-0.1, -0.05) is 79.9 Å². The van der Waals surface area contributed by atoms with E-state index in [1.54, 1.807) is 13.8 Å². The van der Waals surface area contributed by atoms with Gasteiger partial charge in [-0.25, -0.2) is 0 Å². The van der Waals surface area contributed by atoms with Crippen LogP contribution < -0.4 is 10.6 Å². The molecule has 5 saturated carbocycles. The molecule has 0 saturated heterocycles. The van der Waals surface area contributed by atoms with E-state index in [1.165, 1.54) is 5.57 Å². The van der Waals surface area contributed by atoms with Gasteiger partial charge in [-0.2, -0.15) is 0 Å². The minimum Gasteiger partial charge on any atom is -0.481 e. The van der Waals surface area contributed by atoms with Gasteiger partial charge in [-0.15, -0.1) is 0 Å². The van der Waals surface area contributed by atoms with Gasteiger partial charge in [0.1, 0.15) is 6.10 Å². The van der Waals surface area contributed by atoms with Gasteiger partial charge >= 0.3 is 17.9 Å². The van der Waals surface area contributed by atoms with Gasteiger partial charge in [0, 0.05) is 18.4 Å². The number of allylic oxidation sites excluding steroid dienone is 1. The number of hydrogen-bond acceptors (Lipinski definition) is 7. The third kappa shape index (κ3) is 10.1. The average molecular weight is 883 g/mol. The Kier molecular flexibility index (Phi) is 15.8. The molecule has 0 heterocycles. The number of esters is 1. The molecule has 12 atom stereocenters. The minimum atomic E-state index is -1.17. The highest BCUT2D eigenvalue weighted by Gasteiger charge is 2.72. The summed E-state index contributed by atoms with van der Waals surface area (Å²) in [5.41, 5.74) is -0.309. The first-order chi connectivity index (χ1) is 29.3. The number of amides is 2. The number of ether oxygens (including phenoxy) is 1. The molecule has 5 fully saturated rings. The van der Waals surface area contributed by atoms with E-state index in [2.05, 4.69) is 58.8 Å². The van der Waals surface area contributed by atoms with Gasteiger partial charge in [0.05, 0.1) is 35.8 Å². The number of unbranched alkanes of at least 4 members (excludes halogenated alkanes) is 4. The first-order valence-corrected chi connectivity index (χ1v) is 24.8. The normalized spacial score (nSPS) is 35.5. The number of carbonyl (C=O) groups excluding carboxylic acids is 3. The van der Waals surface area contributed by atoms with Crippen LogP contribution in [-0.4, -0.2) is 69.8 Å². The number of nitrogens with one attached hydrogen (secondary N) is 2. The zero-order valence-corrected chi connectivity index (χ0v) is 40.8. The second kappa shape index (κ2) is 19.5. The summed E-state index contributed by atoms with van der Waals surface area (Å²) in [6.07, 6.45) is 13.5. The standard InChI is InChI=1S/C52H86N2O9/c1-32(2)29-36(37(55)30-42(57)58)54-41(56)17-15-13-12-14-16-28-53-45(60)52-25-20-34(33(3)4)44(52)35-18-19-39-49(9)23-22-40(63-43(59)31-47(5,6)46(61)62)48(7,8)38(49)21-24-51(39,11)50(35,10)26-27-52/h32,34-40,44,55H,3,12-31H2,1-2,4-11H3,(H,53,60)(H,54,56)(H,57,58)(H,61,62)/t34-,35?,36-,37-,38?,39?,40-,44?,49-,50+,51+,52-/m0/s1. The fraction of sp³-hybridized carbons (Fsp3) is 0.865. The lowest BCUT2D eigenvalue weighted by Gasteiger charge is -2.72. The average Bonchev–Trinajstić information content (AvgIpc) is 3.58. The number of rotatable bonds is 20. The number of carboxylic acids is 2. The van der Waals surface area contributed by atoms with Crippen molar-refractivity contribution in [2.24, 2.45) is 68.0 Å². The predicted octanol–water partition coefficient (Wildman–Crippen LogP) is 9.88. The third-order valence-electron chi connectivity index (χ3n) is 18.7. The van der Waals surface area contributed by atoms with E-state index in [4.69, 9.17) is 9.84 Å². The second-order valence-electron chi connectivity index (χ2n) is 23.8. The van der Waals surface area contributed by atoms with Crippen LogP contribution in [0.5, 0.6) is 0 Å². The number of fused-ring (bicyclic) bond motifs is 7. The summed E-state index contributed by atoms with van der Waals surface area (Å²) < 4.78 is 6.19. The lowest BCUT2D eigenvalue weighted by molar-refractivity contribution is -0.249. The van der Waals surface area contributed by atoms with Crippen LogP contribution in [0.4, 0.5) is 0 Å². The van der Waals surface area contributed by atoms with Crippen molar-refractivity contribution in [2.75, 3.05) is 6.54 Å². The Morgan fingerprint density at radius 1 is 0.810 bits per heavy atom. The van der Waals surface area contributed by atoms with Crippen molar-refractivity contribution in [3.8, 4) is 0 Å². The molecular weight excluding hydrogens is 797 g/mol. The largest absolute Gasteiger partial charge is 0.481 e. The van der Waals surface area contributed by atoms with Gasteiger partial charge < -0.3 is 30.7 Å². The second-order valence-corrected chi connectivity index (χ2v) is 23.8. The molecule has 0 aromatic carbocycles. The molecule has 4 unspecified atom stereocenters. The molecule has 5 rings (SSSR count). The van der Waals surface area contributed by atoms with Crippen LogP contribution in [0, 0.1) is 68.0 Å². The number of carboxylic acid groups (broad SMARTS) is 2. The highest BCUT2D eigenvalue weighted by molar-refractivity contribution is 5.84. The fourth-order valence-electron chi connectivity index (χ4n) is 15.1. The first-order valence-electron chi connectivity index (χ1n) is 24.8. The van der Waals surface area contributed by atoms with Crippen molar-refractivity contribution in [1.82, 2.24) is 10.6 Å². The smallest absolute Gasteiger partial charge is 0.309 e. The van der Waals surface area contributed by atoms with Crippen LogP contribution in [0.1, 0.15) is 191 Å².